The Bertz CT molecular complexity index is 533. The fourth-order valence-corrected chi connectivity index (χ4v) is 4.80. The van der Waals surface area contributed by atoms with Gasteiger partial charge in [0.15, 0.2) is 0 Å². The SMILES string of the molecule is CC(C)NC(CCN)Cc1cc(CC(CCN)NC(C)C)cc(CC(CCN)NC(C)C)c1. The van der Waals surface area contributed by atoms with E-state index in [0.29, 0.717) is 55.9 Å². The lowest BCUT2D eigenvalue weighted by molar-refractivity contribution is 0.434. The molecule has 0 bridgehead atoms. The number of benzene rings is 1. The molecule has 0 aromatic heterocycles. The summed E-state index contributed by atoms with van der Waals surface area (Å²) in [5, 5.41) is 11.1. The quantitative estimate of drug-likeness (QED) is 0.200. The van der Waals surface area contributed by atoms with Crippen molar-refractivity contribution in [2.75, 3.05) is 19.6 Å². The van der Waals surface area contributed by atoms with Crippen LogP contribution in [0.3, 0.4) is 0 Å². The normalized spacial score (nSPS) is 14.9. The second-order valence-electron chi connectivity index (χ2n) is 10.6. The van der Waals surface area contributed by atoms with Gasteiger partial charge in [-0.1, -0.05) is 59.7 Å². The van der Waals surface area contributed by atoms with Crippen LogP contribution in [0.5, 0.6) is 0 Å². The predicted molar refractivity (Wildman–Crippen MR) is 145 cm³/mol. The van der Waals surface area contributed by atoms with Gasteiger partial charge in [-0.15, -0.1) is 0 Å². The maximum atomic E-state index is 5.93. The molecule has 192 valence electrons. The molecule has 3 atom stereocenters. The van der Waals surface area contributed by atoms with Gasteiger partial charge in [0.25, 0.3) is 0 Å². The summed E-state index contributed by atoms with van der Waals surface area (Å²) < 4.78 is 0. The van der Waals surface area contributed by atoms with Crippen molar-refractivity contribution < 1.29 is 0 Å². The van der Waals surface area contributed by atoms with Crippen molar-refractivity contribution >= 4 is 0 Å². The smallest absolute Gasteiger partial charge is 0.0122 e. The van der Waals surface area contributed by atoms with Crippen LogP contribution in [0.25, 0.3) is 0 Å². The minimum absolute atomic E-state index is 0.389. The minimum Gasteiger partial charge on any atom is -0.330 e. The third-order valence-corrected chi connectivity index (χ3v) is 5.81. The lowest BCUT2D eigenvalue weighted by atomic mass is 9.92. The summed E-state index contributed by atoms with van der Waals surface area (Å²) in [6.45, 7) is 15.3. The molecule has 0 radical (unpaired) electrons. The first-order valence-electron chi connectivity index (χ1n) is 13.2. The van der Waals surface area contributed by atoms with Crippen LogP contribution < -0.4 is 33.2 Å². The third-order valence-electron chi connectivity index (χ3n) is 5.81. The first kappa shape index (κ1) is 30.0. The molecule has 1 aromatic rings. The fourth-order valence-electron chi connectivity index (χ4n) is 4.80. The largest absolute Gasteiger partial charge is 0.330 e. The topological polar surface area (TPSA) is 114 Å². The second kappa shape index (κ2) is 16.6. The van der Waals surface area contributed by atoms with Crippen LogP contribution in [0, 0.1) is 0 Å². The van der Waals surface area contributed by atoms with Gasteiger partial charge in [0.1, 0.15) is 0 Å². The number of rotatable bonds is 18. The molecule has 0 aliphatic carbocycles. The first-order valence-corrected chi connectivity index (χ1v) is 13.2. The third kappa shape index (κ3) is 13.5. The Balaban J connectivity index is 3.21. The molecule has 6 nitrogen and oxygen atoms in total. The zero-order chi connectivity index (χ0) is 24.8. The summed E-state index contributed by atoms with van der Waals surface area (Å²) in [7, 11) is 0. The monoisotopic (exact) mass is 462 g/mol. The predicted octanol–water partition coefficient (Wildman–Crippen LogP) is 2.46. The molecule has 0 saturated heterocycles. The average Bonchev–Trinajstić information content (AvgIpc) is 2.67. The van der Waals surface area contributed by atoms with Crippen LogP contribution in [0.15, 0.2) is 18.2 Å². The van der Waals surface area contributed by atoms with E-state index in [1.165, 1.54) is 16.7 Å². The first-order chi connectivity index (χ1) is 15.7. The summed E-state index contributed by atoms with van der Waals surface area (Å²) in [5.41, 5.74) is 22.0. The molecule has 1 aromatic carbocycles. The number of nitrogens with one attached hydrogen (secondary N) is 3. The summed E-state index contributed by atoms with van der Waals surface area (Å²) in [6.07, 6.45) is 5.92. The summed E-state index contributed by atoms with van der Waals surface area (Å²) in [4.78, 5) is 0. The van der Waals surface area contributed by atoms with Crippen LogP contribution in [-0.2, 0) is 19.3 Å². The van der Waals surface area contributed by atoms with Crippen molar-refractivity contribution in [2.24, 2.45) is 17.2 Å². The van der Waals surface area contributed by atoms with Crippen LogP contribution in [0.2, 0.25) is 0 Å². The Hall–Kier alpha value is -1.02. The van der Waals surface area contributed by atoms with Crippen molar-refractivity contribution in [3.8, 4) is 0 Å². The number of hydrogen-bond donors (Lipinski definition) is 6. The Morgan fingerprint density at radius 2 is 0.758 bits per heavy atom. The lowest BCUT2D eigenvalue weighted by Gasteiger charge is -2.25. The van der Waals surface area contributed by atoms with Crippen LogP contribution in [0.1, 0.15) is 77.5 Å². The van der Waals surface area contributed by atoms with Crippen LogP contribution in [0.4, 0.5) is 0 Å². The molecular weight excluding hydrogens is 408 g/mol. The van der Waals surface area contributed by atoms with E-state index in [1.54, 1.807) is 0 Å². The fraction of sp³-hybridized carbons (Fsp3) is 0.778. The molecule has 33 heavy (non-hydrogen) atoms. The highest BCUT2D eigenvalue weighted by molar-refractivity contribution is 5.32. The molecule has 0 saturated carbocycles. The number of nitrogens with two attached hydrogens (primary N) is 3. The van der Waals surface area contributed by atoms with Gasteiger partial charge in [-0.05, 0) is 74.8 Å². The molecular formula is C27H54N6. The average molecular weight is 463 g/mol. The molecule has 0 aliphatic heterocycles. The van der Waals surface area contributed by atoms with Gasteiger partial charge in [0.05, 0.1) is 0 Å². The van der Waals surface area contributed by atoms with Crippen LogP contribution in [-0.4, -0.2) is 55.9 Å². The van der Waals surface area contributed by atoms with Crippen LogP contribution >= 0.6 is 0 Å². The van der Waals surface area contributed by atoms with Crippen molar-refractivity contribution in [2.45, 2.75) is 116 Å². The van der Waals surface area contributed by atoms with Gasteiger partial charge in [-0.2, -0.15) is 0 Å². The molecule has 3 unspecified atom stereocenters. The summed E-state index contributed by atoms with van der Waals surface area (Å²) in [5.74, 6) is 0. The number of hydrogen-bond acceptors (Lipinski definition) is 6. The highest BCUT2D eigenvalue weighted by atomic mass is 14.9. The zero-order valence-corrected chi connectivity index (χ0v) is 22.3. The minimum atomic E-state index is 0.389. The van der Waals surface area contributed by atoms with E-state index in [0.717, 1.165) is 38.5 Å². The second-order valence-corrected chi connectivity index (χ2v) is 10.6. The van der Waals surface area contributed by atoms with E-state index in [1.807, 2.05) is 0 Å². The van der Waals surface area contributed by atoms with Crippen molar-refractivity contribution in [3.63, 3.8) is 0 Å². The molecule has 0 aliphatic rings. The Morgan fingerprint density at radius 3 is 0.939 bits per heavy atom. The molecule has 9 N–H and O–H groups in total. The molecule has 6 heteroatoms. The Morgan fingerprint density at radius 1 is 0.515 bits per heavy atom. The highest BCUT2D eigenvalue weighted by Gasteiger charge is 2.16. The van der Waals surface area contributed by atoms with E-state index in [9.17, 15) is 0 Å². The Labute approximate surface area is 204 Å². The lowest BCUT2D eigenvalue weighted by Crippen LogP contribution is -2.39. The van der Waals surface area contributed by atoms with E-state index in [2.05, 4.69) is 75.7 Å². The summed E-state index contributed by atoms with van der Waals surface area (Å²) >= 11 is 0. The van der Waals surface area contributed by atoms with Gasteiger partial charge in [0, 0.05) is 36.3 Å². The van der Waals surface area contributed by atoms with E-state index >= 15 is 0 Å². The van der Waals surface area contributed by atoms with Gasteiger partial charge in [-0.3, -0.25) is 0 Å². The molecule has 0 fully saturated rings. The summed E-state index contributed by atoms with van der Waals surface area (Å²) in [6, 6.07) is 9.69. The van der Waals surface area contributed by atoms with Gasteiger partial charge < -0.3 is 33.2 Å². The van der Waals surface area contributed by atoms with Gasteiger partial charge in [-0.25, -0.2) is 0 Å². The Kier molecular flexibility index (Phi) is 15.1. The molecule has 0 spiro atoms. The van der Waals surface area contributed by atoms with E-state index < -0.39 is 0 Å². The van der Waals surface area contributed by atoms with Crippen molar-refractivity contribution in [1.29, 1.82) is 0 Å². The van der Waals surface area contributed by atoms with E-state index in [-0.39, 0.29) is 0 Å². The standard InChI is InChI=1S/C27H54N6/c1-19(2)31-25(7-10-28)16-22-13-23(17-26(8-11-29)32-20(3)4)15-24(14-22)18-27(9-12-30)33-21(5)6/h13-15,19-21,25-27,31-33H,7-12,16-18,28-30H2,1-6H3. The van der Waals surface area contributed by atoms with Gasteiger partial charge >= 0.3 is 0 Å². The molecule has 1 rings (SSSR count). The van der Waals surface area contributed by atoms with Crippen molar-refractivity contribution in [3.05, 3.63) is 34.9 Å². The molecule has 0 amide bonds. The maximum Gasteiger partial charge on any atom is 0.0122 e. The molecule has 0 heterocycles. The highest BCUT2D eigenvalue weighted by Crippen LogP contribution is 2.18. The van der Waals surface area contributed by atoms with Crippen molar-refractivity contribution in [1.82, 2.24) is 16.0 Å². The zero-order valence-electron chi connectivity index (χ0n) is 22.3. The van der Waals surface area contributed by atoms with E-state index in [4.69, 9.17) is 17.2 Å². The van der Waals surface area contributed by atoms with Gasteiger partial charge in [0.2, 0.25) is 0 Å². The maximum absolute atomic E-state index is 5.93.